The fourth-order valence-electron chi connectivity index (χ4n) is 2.16. The van der Waals surface area contributed by atoms with E-state index in [9.17, 15) is 0 Å². The van der Waals surface area contributed by atoms with Gasteiger partial charge in [-0.05, 0) is 37.7 Å². The summed E-state index contributed by atoms with van der Waals surface area (Å²) in [5, 5.41) is 2.75. The van der Waals surface area contributed by atoms with Crippen molar-refractivity contribution in [1.29, 1.82) is 0 Å². The summed E-state index contributed by atoms with van der Waals surface area (Å²) < 4.78 is 11.0. The molecule has 16 heavy (non-hydrogen) atoms. The van der Waals surface area contributed by atoms with Crippen LogP contribution in [0.15, 0.2) is 12.1 Å². The highest BCUT2D eigenvalue weighted by Gasteiger charge is 2.20. The van der Waals surface area contributed by atoms with E-state index in [1.807, 2.05) is 14.1 Å². The first-order valence-corrected chi connectivity index (χ1v) is 5.79. The second kappa shape index (κ2) is 5.32. The molecule has 1 aromatic rings. The SMILES string of the molecule is CNC.c1cc2c(c3c1CCOC3)CCO2. The van der Waals surface area contributed by atoms with Gasteiger partial charge in [0.2, 0.25) is 0 Å². The maximum Gasteiger partial charge on any atom is 0.123 e. The Morgan fingerprint density at radius 2 is 1.88 bits per heavy atom. The molecule has 0 saturated heterocycles. The predicted molar refractivity (Wildman–Crippen MR) is 64.0 cm³/mol. The van der Waals surface area contributed by atoms with Crippen LogP contribution in [0.1, 0.15) is 16.7 Å². The molecule has 0 aliphatic carbocycles. The third-order valence-corrected chi connectivity index (χ3v) is 2.86. The molecule has 0 spiro atoms. The molecule has 88 valence electrons. The Labute approximate surface area is 96.8 Å². The smallest absolute Gasteiger partial charge is 0.123 e. The molecule has 0 radical (unpaired) electrons. The Morgan fingerprint density at radius 3 is 2.69 bits per heavy atom. The molecule has 0 amide bonds. The minimum Gasteiger partial charge on any atom is -0.493 e. The molecule has 2 aliphatic heterocycles. The molecule has 0 atom stereocenters. The largest absolute Gasteiger partial charge is 0.493 e. The second-order valence-corrected chi connectivity index (χ2v) is 4.08. The Kier molecular flexibility index (Phi) is 3.80. The molecule has 3 heteroatoms. The highest BCUT2D eigenvalue weighted by molar-refractivity contribution is 5.47. The predicted octanol–water partition coefficient (Wildman–Crippen LogP) is 1.53. The van der Waals surface area contributed by atoms with E-state index in [0.717, 1.165) is 38.4 Å². The van der Waals surface area contributed by atoms with Gasteiger partial charge in [0.25, 0.3) is 0 Å². The number of nitrogens with one attached hydrogen (secondary N) is 1. The number of benzene rings is 1. The molecule has 3 rings (SSSR count). The lowest BCUT2D eigenvalue weighted by atomic mass is 9.96. The number of ether oxygens (including phenoxy) is 2. The average molecular weight is 221 g/mol. The van der Waals surface area contributed by atoms with Crippen molar-refractivity contribution in [1.82, 2.24) is 5.32 Å². The van der Waals surface area contributed by atoms with Gasteiger partial charge in [0.15, 0.2) is 0 Å². The highest BCUT2D eigenvalue weighted by Crippen LogP contribution is 2.32. The van der Waals surface area contributed by atoms with Crippen molar-refractivity contribution in [3.63, 3.8) is 0 Å². The minimum absolute atomic E-state index is 0.780. The van der Waals surface area contributed by atoms with Crippen LogP contribution in [0.25, 0.3) is 0 Å². The summed E-state index contributed by atoms with van der Waals surface area (Å²) in [4.78, 5) is 0. The summed E-state index contributed by atoms with van der Waals surface area (Å²) in [6, 6.07) is 4.29. The van der Waals surface area contributed by atoms with E-state index in [1.54, 1.807) is 0 Å². The van der Waals surface area contributed by atoms with Crippen molar-refractivity contribution in [2.24, 2.45) is 0 Å². The molecule has 3 nitrogen and oxygen atoms in total. The number of rotatable bonds is 0. The topological polar surface area (TPSA) is 30.5 Å². The van der Waals surface area contributed by atoms with Crippen molar-refractivity contribution in [2.75, 3.05) is 27.3 Å². The minimum atomic E-state index is 0.780. The van der Waals surface area contributed by atoms with Gasteiger partial charge in [-0.25, -0.2) is 0 Å². The summed E-state index contributed by atoms with van der Waals surface area (Å²) in [6.45, 7) is 2.49. The molecule has 0 bridgehead atoms. The first kappa shape index (κ1) is 11.4. The molecule has 0 fully saturated rings. The lowest BCUT2D eigenvalue weighted by molar-refractivity contribution is 0.110. The Bertz CT molecular complexity index is 363. The van der Waals surface area contributed by atoms with Gasteiger partial charge in [0, 0.05) is 12.0 Å². The lowest BCUT2D eigenvalue weighted by Crippen LogP contribution is -2.11. The van der Waals surface area contributed by atoms with Crippen LogP contribution in [-0.4, -0.2) is 27.3 Å². The standard InChI is InChI=1S/C11H12O2.C2H7N/c1-2-11-9(4-6-13-11)10-7-12-5-3-8(1)10;1-3-2/h1-2H,3-7H2;3H,1-2H3. The van der Waals surface area contributed by atoms with Crippen LogP contribution in [0.2, 0.25) is 0 Å². The highest BCUT2D eigenvalue weighted by atomic mass is 16.5. The zero-order valence-electron chi connectivity index (χ0n) is 10.0. The second-order valence-electron chi connectivity index (χ2n) is 4.08. The van der Waals surface area contributed by atoms with Crippen LogP contribution in [-0.2, 0) is 24.2 Å². The summed E-state index contributed by atoms with van der Waals surface area (Å²) in [5.41, 5.74) is 4.23. The summed E-state index contributed by atoms with van der Waals surface area (Å²) in [7, 11) is 3.75. The van der Waals surface area contributed by atoms with Crippen LogP contribution >= 0.6 is 0 Å². The van der Waals surface area contributed by atoms with E-state index in [1.165, 1.54) is 16.7 Å². The monoisotopic (exact) mass is 221 g/mol. The van der Waals surface area contributed by atoms with Gasteiger partial charge >= 0.3 is 0 Å². The zero-order valence-corrected chi connectivity index (χ0v) is 10.0. The van der Waals surface area contributed by atoms with Crippen molar-refractivity contribution in [3.05, 3.63) is 28.8 Å². The number of hydrogen-bond acceptors (Lipinski definition) is 3. The fraction of sp³-hybridized carbons (Fsp3) is 0.538. The van der Waals surface area contributed by atoms with Crippen molar-refractivity contribution in [3.8, 4) is 5.75 Å². The Hall–Kier alpha value is -1.06. The molecule has 0 aromatic heterocycles. The van der Waals surface area contributed by atoms with Crippen molar-refractivity contribution >= 4 is 0 Å². The van der Waals surface area contributed by atoms with Gasteiger partial charge in [-0.15, -0.1) is 0 Å². The summed E-state index contributed by atoms with van der Waals surface area (Å²) >= 11 is 0. The quantitative estimate of drug-likeness (QED) is 0.720. The van der Waals surface area contributed by atoms with Gasteiger partial charge in [-0.1, -0.05) is 6.07 Å². The summed E-state index contributed by atoms with van der Waals surface area (Å²) in [5.74, 6) is 1.07. The molecule has 0 saturated carbocycles. The van der Waals surface area contributed by atoms with Gasteiger partial charge in [0.1, 0.15) is 5.75 Å². The van der Waals surface area contributed by atoms with E-state index >= 15 is 0 Å². The van der Waals surface area contributed by atoms with Gasteiger partial charge in [-0.2, -0.15) is 0 Å². The maximum atomic E-state index is 5.51. The first-order chi connectivity index (χ1) is 7.86. The molecule has 1 N–H and O–H groups in total. The normalized spacial score (nSPS) is 16.6. The zero-order chi connectivity index (χ0) is 11.4. The molecule has 1 aromatic carbocycles. The van der Waals surface area contributed by atoms with Crippen LogP contribution in [0, 0.1) is 0 Å². The van der Waals surface area contributed by atoms with Crippen LogP contribution in [0.3, 0.4) is 0 Å². The van der Waals surface area contributed by atoms with E-state index in [-0.39, 0.29) is 0 Å². The lowest BCUT2D eigenvalue weighted by Gasteiger charge is -2.18. The van der Waals surface area contributed by atoms with Crippen LogP contribution in [0.5, 0.6) is 5.75 Å². The van der Waals surface area contributed by atoms with Gasteiger partial charge in [-0.3, -0.25) is 0 Å². The molecule has 0 unspecified atom stereocenters. The Morgan fingerprint density at radius 1 is 1.06 bits per heavy atom. The van der Waals surface area contributed by atoms with Crippen molar-refractivity contribution < 1.29 is 9.47 Å². The van der Waals surface area contributed by atoms with Crippen LogP contribution in [0.4, 0.5) is 0 Å². The van der Waals surface area contributed by atoms with E-state index < -0.39 is 0 Å². The third kappa shape index (κ3) is 2.20. The van der Waals surface area contributed by atoms with Crippen molar-refractivity contribution in [2.45, 2.75) is 19.4 Å². The Balaban J connectivity index is 0.000000292. The fourth-order valence-corrected chi connectivity index (χ4v) is 2.16. The third-order valence-electron chi connectivity index (χ3n) is 2.86. The first-order valence-electron chi connectivity index (χ1n) is 5.79. The maximum absolute atomic E-state index is 5.51. The molecular weight excluding hydrogens is 202 g/mol. The molecule has 2 aliphatic rings. The van der Waals surface area contributed by atoms with Gasteiger partial charge < -0.3 is 14.8 Å². The molecular formula is C13H19NO2. The van der Waals surface area contributed by atoms with E-state index in [4.69, 9.17) is 9.47 Å². The van der Waals surface area contributed by atoms with Gasteiger partial charge in [0.05, 0.1) is 19.8 Å². The summed E-state index contributed by atoms with van der Waals surface area (Å²) in [6.07, 6.45) is 2.12. The number of hydrogen-bond donors (Lipinski definition) is 1. The average Bonchev–Trinajstić information content (AvgIpc) is 2.78. The van der Waals surface area contributed by atoms with Crippen LogP contribution < -0.4 is 10.1 Å². The number of fused-ring (bicyclic) bond motifs is 3. The molecule has 2 heterocycles. The van der Waals surface area contributed by atoms with E-state index in [2.05, 4.69) is 17.4 Å². The van der Waals surface area contributed by atoms with E-state index in [0.29, 0.717) is 0 Å².